The van der Waals surface area contributed by atoms with Crippen LogP contribution < -0.4 is 5.32 Å². The molecule has 0 saturated heterocycles. The zero-order valence-corrected chi connectivity index (χ0v) is 13.4. The van der Waals surface area contributed by atoms with Gasteiger partial charge in [0.25, 0.3) is 5.91 Å². The molecule has 0 aliphatic carbocycles. The normalized spacial score (nSPS) is 10.8. The van der Waals surface area contributed by atoms with Gasteiger partial charge in [-0.1, -0.05) is 18.2 Å². The van der Waals surface area contributed by atoms with Crippen LogP contribution >= 0.6 is 0 Å². The summed E-state index contributed by atoms with van der Waals surface area (Å²) in [6.07, 6.45) is 1.83. The fourth-order valence-electron chi connectivity index (χ4n) is 2.61. The number of benzene rings is 1. The van der Waals surface area contributed by atoms with Gasteiger partial charge < -0.3 is 10.4 Å². The number of aromatic nitrogens is 2. The van der Waals surface area contributed by atoms with Crippen LogP contribution in [0.4, 0.5) is 5.69 Å². The number of amides is 1. The molecule has 0 aliphatic rings. The van der Waals surface area contributed by atoms with Gasteiger partial charge in [-0.3, -0.25) is 14.0 Å². The summed E-state index contributed by atoms with van der Waals surface area (Å²) in [5, 5.41) is 11.6. The van der Waals surface area contributed by atoms with Gasteiger partial charge in [-0.2, -0.15) is 0 Å². The second kappa shape index (κ2) is 6.16. The molecule has 2 N–H and O–H groups in total. The van der Waals surface area contributed by atoms with Crippen molar-refractivity contribution in [3.05, 3.63) is 65.1 Å². The van der Waals surface area contributed by atoms with Crippen LogP contribution in [-0.2, 0) is 11.2 Å². The second-order valence-corrected chi connectivity index (χ2v) is 5.70. The molecule has 6 nitrogen and oxygen atoms in total. The predicted octanol–water partition coefficient (Wildman–Crippen LogP) is 2.83. The maximum Gasteiger partial charge on any atom is 0.307 e. The number of rotatable bonds is 4. The van der Waals surface area contributed by atoms with E-state index in [1.807, 2.05) is 25.3 Å². The lowest BCUT2D eigenvalue weighted by atomic mass is 10.1. The molecule has 6 heteroatoms. The van der Waals surface area contributed by atoms with Gasteiger partial charge in [0.1, 0.15) is 11.3 Å². The van der Waals surface area contributed by atoms with E-state index >= 15 is 0 Å². The molecule has 0 radical (unpaired) electrons. The van der Waals surface area contributed by atoms with Gasteiger partial charge in [-0.15, -0.1) is 0 Å². The molecule has 0 saturated carbocycles. The van der Waals surface area contributed by atoms with Crippen molar-refractivity contribution in [2.45, 2.75) is 20.3 Å². The van der Waals surface area contributed by atoms with Crippen LogP contribution in [0.5, 0.6) is 0 Å². The Morgan fingerprint density at radius 1 is 1.12 bits per heavy atom. The Balaban J connectivity index is 1.86. The van der Waals surface area contributed by atoms with E-state index in [9.17, 15) is 9.59 Å². The van der Waals surface area contributed by atoms with Crippen molar-refractivity contribution in [1.82, 2.24) is 9.38 Å². The Labute approximate surface area is 138 Å². The molecule has 0 unspecified atom stereocenters. The number of carboxylic acids is 1. The zero-order valence-electron chi connectivity index (χ0n) is 13.4. The number of anilines is 1. The molecule has 1 aromatic carbocycles. The summed E-state index contributed by atoms with van der Waals surface area (Å²) in [6.45, 7) is 3.75. The largest absolute Gasteiger partial charge is 0.481 e. The minimum atomic E-state index is -0.886. The summed E-state index contributed by atoms with van der Waals surface area (Å²) in [5.74, 6) is -1.14. The predicted molar refractivity (Wildman–Crippen MR) is 90.4 cm³/mol. The molecular formula is C18H17N3O3. The fourth-order valence-corrected chi connectivity index (χ4v) is 2.61. The fraction of sp³-hybridized carbons (Fsp3) is 0.167. The van der Waals surface area contributed by atoms with Crippen molar-refractivity contribution in [2.75, 3.05) is 5.32 Å². The molecule has 0 bridgehead atoms. The molecule has 122 valence electrons. The Hall–Kier alpha value is -3.15. The number of nitrogens with one attached hydrogen (secondary N) is 1. The monoisotopic (exact) mass is 323 g/mol. The van der Waals surface area contributed by atoms with E-state index in [-0.39, 0.29) is 12.3 Å². The summed E-state index contributed by atoms with van der Waals surface area (Å²) < 4.78 is 1.78. The number of carboxylic acid groups (broad SMARTS) is 1. The quantitative estimate of drug-likeness (QED) is 0.773. The third kappa shape index (κ3) is 3.12. The van der Waals surface area contributed by atoms with E-state index in [0.717, 1.165) is 11.2 Å². The Kier molecular flexibility index (Phi) is 4.04. The van der Waals surface area contributed by atoms with Crippen molar-refractivity contribution < 1.29 is 14.7 Å². The van der Waals surface area contributed by atoms with E-state index in [1.54, 1.807) is 35.6 Å². The lowest BCUT2D eigenvalue weighted by molar-refractivity contribution is -0.136. The first-order valence-corrected chi connectivity index (χ1v) is 7.51. The van der Waals surface area contributed by atoms with Crippen LogP contribution in [0.15, 0.2) is 42.6 Å². The van der Waals surface area contributed by atoms with Crippen LogP contribution in [0, 0.1) is 13.8 Å². The summed E-state index contributed by atoms with van der Waals surface area (Å²) in [4.78, 5) is 27.7. The molecule has 3 rings (SSSR count). The van der Waals surface area contributed by atoms with Gasteiger partial charge in [-0.25, -0.2) is 4.98 Å². The molecule has 0 fully saturated rings. The minimum absolute atomic E-state index is 0.0418. The Morgan fingerprint density at radius 3 is 2.50 bits per heavy atom. The topological polar surface area (TPSA) is 83.7 Å². The molecule has 2 aromatic heterocycles. The van der Waals surface area contributed by atoms with Crippen molar-refractivity contribution in [2.24, 2.45) is 0 Å². The second-order valence-electron chi connectivity index (χ2n) is 5.70. The molecular weight excluding hydrogens is 306 g/mol. The lowest BCUT2D eigenvalue weighted by Crippen LogP contribution is -2.15. The zero-order chi connectivity index (χ0) is 17.3. The summed E-state index contributed by atoms with van der Waals surface area (Å²) in [6, 6.07) is 10.6. The number of aliphatic carboxylic acids is 1. The molecule has 3 aromatic rings. The number of imidazole rings is 1. The number of aryl methyl sites for hydroxylation is 2. The van der Waals surface area contributed by atoms with E-state index in [1.165, 1.54) is 0 Å². The number of hydrogen-bond acceptors (Lipinski definition) is 3. The van der Waals surface area contributed by atoms with Crippen molar-refractivity contribution in [1.29, 1.82) is 0 Å². The maximum atomic E-state index is 12.6. The molecule has 2 heterocycles. The molecule has 24 heavy (non-hydrogen) atoms. The van der Waals surface area contributed by atoms with Crippen molar-refractivity contribution in [3.63, 3.8) is 0 Å². The number of fused-ring (bicyclic) bond motifs is 1. The van der Waals surface area contributed by atoms with E-state index < -0.39 is 5.97 Å². The molecule has 0 atom stereocenters. The van der Waals surface area contributed by atoms with Crippen LogP contribution in [0.25, 0.3) is 5.65 Å². The van der Waals surface area contributed by atoms with Crippen LogP contribution in [0.1, 0.15) is 27.3 Å². The Morgan fingerprint density at radius 2 is 1.83 bits per heavy atom. The number of pyridine rings is 1. The van der Waals surface area contributed by atoms with E-state index in [4.69, 9.17) is 5.11 Å². The van der Waals surface area contributed by atoms with E-state index in [2.05, 4.69) is 10.3 Å². The van der Waals surface area contributed by atoms with Gasteiger partial charge >= 0.3 is 5.97 Å². The van der Waals surface area contributed by atoms with Crippen molar-refractivity contribution in [3.8, 4) is 0 Å². The van der Waals surface area contributed by atoms with Crippen LogP contribution in [0.2, 0.25) is 0 Å². The average molecular weight is 323 g/mol. The smallest absolute Gasteiger partial charge is 0.307 e. The number of nitrogens with zero attached hydrogens (tertiary/aromatic N) is 2. The van der Waals surface area contributed by atoms with Gasteiger partial charge in [-0.05, 0) is 43.2 Å². The highest BCUT2D eigenvalue weighted by molar-refractivity contribution is 6.04. The average Bonchev–Trinajstić information content (AvgIpc) is 2.84. The third-order valence-electron chi connectivity index (χ3n) is 3.72. The maximum absolute atomic E-state index is 12.6. The first kappa shape index (κ1) is 15.7. The number of carbonyl (C=O) groups is 2. The van der Waals surface area contributed by atoms with Crippen molar-refractivity contribution >= 4 is 23.2 Å². The van der Waals surface area contributed by atoms with Gasteiger partial charge in [0, 0.05) is 11.9 Å². The highest BCUT2D eigenvalue weighted by atomic mass is 16.4. The van der Waals surface area contributed by atoms with Crippen LogP contribution in [-0.4, -0.2) is 26.4 Å². The molecule has 0 aliphatic heterocycles. The summed E-state index contributed by atoms with van der Waals surface area (Å²) >= 11 is 0. The summed E-state index contributed by atoms with van der Waals surface area (Å²) in [5.41, 5.74) is 4.19. The number of carbonyl (C=O) groups excluding carboxylic acids is 1. The molecule has 0 spiro atoms. The lowest BCUT2D eigenvalue weighted by Gasteiger charge is -2.07. The minimum Gasteiger partial charge on any atom is -0.481 e. The number of hydrogen-bond donors (Lipinski definition) is 2. The van der Waals surface area contributed by atoms with E-state index in [0.29, 0.717) is 22.6 Å². The SMILES string of the molecule is Cc1ccc2nc(C)c(C(=O)Nc3ccc(CC(=O)O)cc3)n2c1. The van der Waals surface area contributed by atoms with Crippen LogP contribution in [0.3, 0.4) is 0 Å². The van der Waals surface area contributed by atoms with Gasteiger partial charge in [0.15, 0.2) is 0 Å². The van der Waals surface area contributed by atoms with Gasteiger partial charge in [0.05, 0.1) is 12.1 Å². The highest BCUT2D eigenvalue weighted by Gasteiger charge is 2.16. The van der Waals surface area contributed by atoms with Gasteiger partial charge in [0.2, 0.25) is 0 Å². The summed E-state index contributed by atoms with van der Waals surface area (Å²) in [7, 11) is 0. The highest BCUT2D eigenvalue weighted by Crippen LogP contribution is 2.16. The first-order valence-electron chi connectivity index (χ1n) is 7.51. The standard InChI is InChI=1S/C18H17N3O3/c1-11-3-8-15-19-12(2)17(21(15)10-11)18(24)20-14-6-4-13(5-7-14)9-16(22)23/h3-8,10H,9H2,1-2H3,(H,20,24)(H,22,23). The first-order chi connectivity index (χ1) is 11.4. The molecule has 1 amide bonds. The Bertz CT molecular complexity index is 927. The third-order valence-corrected chi connectivity index (χ3v) is 3.72.